The van der Waals surface area contributed by atoms with Gasteiger partial charge in [0.25, 0.3) is 0 Å². The number of hydrogen-bond acceptors (Lipinski definition) is 3. The molecule has 1 aromatic carbocycles. The first-order valence-electron chi connectivity index (χ1n) is 6.54. The summed E-state index contributed by atoms with van der Waals surface area (Å²) in [5, 5.41) is 8.81. The fourth-order valence-electron chi connectivity index (χ4n) is 1.69. The molecule has 7 heteroatoms. The standard InChI is InChI=1S/C15H17F3N2O2/c1-14(2,3)22-13(21)20(10-15(16,17)18)9-12-6-4-5-11(7-12)8-19/h4-7H,9-10H2,1-3H3. The molecule has 1 aromatic rings. The molecule has 0 spiro atoms. The Bertz CT molecular complexity index is 571. The third-order valence-corrected chi connectivity index (χ3v) is 2.45. The lowest BCUT2D eigenvalue weighted by Crippen LogP contribution is -2.41. The molecule has 0 saturated carbocycles. The summed E-state index contributed by atoms with van der Waals surface area (Å²) >= 11 is 0. The summed E-state index contributed by atoms with van der Waals surface area (Å²) in [5.74, 6) is 0. The highest BCUT2D eigenvalue weighted by Gasteiger charge is 2.35. The SMILES string of the molecule is CC(C)(C)OC(=O)N(Cc1cccc(C#N)c1)CC(F)(F)F. The van der Waals surface area contributed by atoms with Gasteiger partial charge in [0.2, 0.25) is 0 Å². The van der Waals surface area contributed by atoms with Crippen molar-refractivity contribution in [3.05, 3.63) is 35.4 Å². The van der Waals surface area contributed by atoms with E-state index in [1.165, 1.54) is 12.1 Å². The largest absolute Gasteiger partial charge is 0.444 e. The first-order chi connectivity index (χ1) is 10.00. The molecule has 0 aliphatic carbocycles. The molecular formula is C15H17F3N2O2. The van der Waals surface area contributed by atoms with E-state index in [2.05, 4.69) is 0 Å². The zero-order chi connectivity index (χ0) is 17.0. The topological polar surface area (TPSA) is 53.3 Å². The summed E-state index contributed by atoms with van der Waals surface area (Å²) in [7, 11) is 0. The number of ether oxygens (including phenoxy) is 1. The number of benzene rings is 1. The van der Waals surface area contributed by atoms with Crippen LogP contribution in [0.3, 0.4) is 0 Å². The van der Waals surface area contributed by atoms with Crippen molar-refractivity contribution in [2.45, 2.75) is 39.1 Å². The first-order valence-corrected chi connectivity index (χ1v) is 6.54. The Morgan fingerprint density at radius 3 is 2.45 bits per heavy atom. The molecular weight excluding hydrogens is 297 g/mol. The molecule has 0 atom stereocenters. The van der Waals surface area contributed by atoms with Gasteiger partial charge in [-0.2, -0.15) is 18.4 Å². The molecule has 4 nitrogen and oxygen atoms in total. The monoisotopic (exact) mass is 314 g/mol. The molecule has 1 rings (SSSR count). The van der Waals surface area contributed by atoms with Gasteiger partial charge < -0.3 is 4.74 Å². The molecule has 0 fully saturated rings. The van der Waals surface area contributed by atoms with Crippen LogP contribution in [0.25, 0.3) is 0 Å². The second-order valence-corrected chi connectivity index (χ2v) is 5.76. The van der Waals surface area contributed by atoms with Crippen LogP contribution in [0.5, 0.6) is 0 Å². The highest BCUT2D eigenvalue weighted by molar-refractivity contribution is 5.68. The van der Waals surface area contributed by atoms with Crippen LogP contribution >= 0.6 is 0 Å². The molecule has 120 valence electrons. The molecule has 0 aromatic heterocycles. The van der Waals surface area contributed by atoms with Crippen molar-refractivity contribution in [1.82, 2.24) is 4.90 Å². The smallest absolute Gasteiger partial charge is 0.410 e. The quantitative estimate of drug-likeness (QED) is 0.851. The average molecular weight is 314 g/mol. The van der Waals surface area contributed by atoms with Gasteiger partial charge >= 0.3 is 12.3 Å². The molecule has 0 radical (unpaired) electrons. The van der Waals surface area contributed by atoms with Crippen molar-refractivity contribution in [1.29, 1.82) is 5.26 Å². The Labute approximate surface area is 127 Å². The summed E-state index contributed by atoms with van der Waals surface area (Å²) in [6, 6.07) is 7.97. The van der Waals surface area contributed by atoms with Gasteiger partial charge in [-0.3, -0.25) is 4.90 Å². The van der Waals surface area contributed by atoms with Crippen LogP contribution < -0.4 is 0 Å². The lowest BCUT2D eigenvalue weighted by Gasteiger charge is -2.28. The normalized spacial score (nSPS) is 11.7. The summed E-state index contributed by atoms with van der Waals surface area (Å²) in [5.41, 5.74) is -0.155. The van der Waals surface area contributed by atoms with E-state index in [4.69, 9.17) is 10.00 Å². The van der Waals surface area contributed by atoms with Crippen molar-refractivity contribution in [2.75, 3.05) is 6.54 Å². The molecule has 0 unspecified atom stereocenters. The van der Waals surface area contributed by atoms with Crippen molar-refractivity contribution < 1.29 is 22.7 Å². The molecule has 0 aliphatic heterocycles. The minimum atomic E-state index is -4.54. The number of nitriles is 1. The molecule has 0 N–H and O–H groups in total. The summed E-state index contributed by atoms with van der Waals surface area (Å²) in [4.78, 5) is 12.5. The number of alkyl halides is 3. The van der Waals surface area contributed by atoms with Gasteiger partial charge in [-0.05, 0) is 38.5 Å². The zero-order valence-electron chi connectivity index (χ0n) is 12.6. The fraction of sp³-hybridized carbons (Fsp3) is 0.467. The minimum Gasteiger partial charge on any atom is -0.444 e. The Balaban J connectivity index is 2.95. The molecule has 0 heterocycles. The van der Waals surface area contributed by atoms with Gasteiger partial charge in [-0.1, -0.05) is 12.1 Å². The number of carbonyl (C=O) groups excluding carboxylic acids is 1. The van der Waals surface area contributed by atoms with E-state index >= 15 is 0 Å². The number of halogens is 3. The maximum atomic E-state index is 12.6. The van der Waals surface area contributed by atoms with E-state index in [0.29, 0.717) is 16.0 Å². The van der Waals surface area contributed by atoms with E-state index in [0.717, 1.165) is 0 Å². The van der Waals surface area contributed by atoms with E-state index in [1.54, 1.807) is 32.9 Å². The number of carbonyl (C=O) groups is 1. The number of amides is 1. The molecule has 22 heavy (non-hydrogen) atoms. The van der Waals surface area contributed by atoms with Crippen LogP contribution in [0.15, 0.2) is 24.3 Å². The molecule has 0 bridgehead atoms. The predicted molar refractivity (Wildman–Crippen MR) is 73.9 cm³/mol. The molecule has 0 aliphatic rings. The molecule has 1 amide bonds. The Morgan fingerprint density at radius 2 is 1.95 bits per heavy atom. The van der Waals surface area contributed by atoms with Gasteiger partial charge in [-0.25, -0.2) is 4.79 Å². The van der Waals surface area contributed by atoms with Gasteiger partial charge in [0.15, 0.2) is 0 Å². The van der Waals surface area contributed by atoms with Crippen molar-refractivity contribution in [2.24, 2.45) is 0 Å². The number of rotatable bonds is 3. The minimum absolute atomic E-state index is 0.288. The van der Waals surface area contributed by atoms with Crippen LogP contribution in [0, 0.1) is 11.3 Å². The Morgan fingerprint density at radius 1 is 1.32 bits per heavy atom. The van der Waals surface area contributed by atoms with Crippen molar-refractivity contribution in [3.63, 3.8) is 0 Å². The Hall–Kier alpha value is -2.23. The lowest BCUT2D eigenvalue weighted by atomic mass is 10.1. The van der Waals surface area contributed by atoms with Crippen LogP contribution in [0.1, 0.15) is 31.9 Å². The second-order valence-electron chi connectivity index (χ2n) is 5.76. The van der Waals surface area contributed by atoms with Gasteiger partial charge in [-0.15, -0.1) is 0 Å². The van der Waals surface area contributed by atoms with Crippen molar-refractivity contribution in [3.8, 4) is 6.07 Å². The maximum Gasteiger partial charge on any atom is 0.410 e. The fourth-order valence-corrected chi connectivity index (χ4v) is 1.69. The third kappa shape index (κ3) is 6.48. The first kappa shape index (κ1) is 17.8. The number of nitrogens with zero attached hydrogens (tertiary/aromatic N) is 2. The highest BCUT2D eigenvalue weighted by atomic mass is 19.4. The van der Waals surface area contributed by atoms with Gasteiger partial charge in [0, 0.05) is 6.54 Å². The van der Waals surface area contributed by atoms with E-state index in [-0.39, 0.29) is 6.54 Å². The van der Waals surface area contributed by atoms with Crippen LogP contribution in [-0.4, -0.2) is 29.3 Å². The van der Waals surface area contributed by atoms with Gasteiger partial charge in [0.05, 0.1) is 11.6 Å². The highest BCUT2D eigenvalue weighted by Crippen LogP contribution is 2.21. The van der Waals surface area contributed by atoms with Crippen molar-refractivity contribution >= 4 is 6.09 Å². The van der Waals surface area contributed by atoms with Gasteiger partial charge in [0.1, 0.15) is 12.1 Å². The zero-order valence-corrected chi connectivity index (χ0v) is 12.6. The summed E-state index contributed by atoms with van der Waals surface area (Å²) in [6.45, 7) is 3.02. The van der Waals surface area contributed by atoms with Crippen LogP contribution in [0.2, 0.25) is 0 Å². The molecule has 0 saturated heterocycles. The lowest BCUT2D eigenvalue weighted by molar-refractivity contribution is -0.145. The summed E-state index contributed by atoms with van der Waals surface area (Å²) < 4.78 is 42.9. The average Bonchev–Trinajstić information content (AvgIpc) is 2.34. The number of hydrogen-bond donors (Lipinski definition) is 0. The predicted octanol–water partition coefficient (Wildman–Crippen LogP) is 3.86. The second kappa shape index (κ2) is 6.69. The Kier molecular flexibility index (Phi) is 5.42. The maximum absolute atomic E-state index is 12.6. The third-order valence-electron chi connectivity index (χ3n) is 2.45. The van der Waals surface area contributed by atoms with E-state index < -0.39 is 24.4 Å². The van der Waals surface area contributed by atoms with Crippen LogP contribution in [-0.2, 0) is 11.3 Å². The van der Waals surface area contributed by atoms with E-state index in [9.17, 15) is 18.0 Å². The van der Waals surface area contributed by atoms with E-state index in [1.807, 2.05) is 6.07 Å². The summed E-state index contributed by atoms with van der Waals surface area (Å²) in [6.07, 6.45) is -5.59. The van der Waals surface area contributed by atoms with Crippen LogP contribution in [0.4, 0.5) is 18.0 Å².